The Hall–Kier alpha value is -2.18. The molecule has 1 N–H and O–H groups in total. The van der Waals surface area contributed by atoms with Gasteiger partial charge in [-0.25, -0.2) is 9.97 Å². The van der Waals surface area contributed by atoms with Crippen LogP contribution in [0.4, 0.5) is 5.82 Å². The van der Waals surface area contributed by atoms with Crippen LogP contribution in [0.5, 0.6) is 0 Å². The van der Waals surface area contributed by atoms with E-state index in [1.54, 1.807) is 0 Å². The Morgan fingerprint density at radius 1 is 1.00 bits per heavy atom. The molecular formula is C25H35N5S. The number of para-hydroxylation sites is 1. The zero-order chi connectivity index (χ0) is 22.1. The summed E-state index contributed by atoms with van der Waals surface area (Å²) < 4.78 is 0. The summed E-state index contributed by atoms with van der Waals surface area (Å²) in [6.45, 7) is 5.40. The highest BCUT2D eigenvalue weighted by molar-refractivity contribution is 7.99. The molecule has 4 rings (SSSR count). The maximum atomic E-state index is 4.42. The number of anilines is 1. The Morgan fingerprint density at radius 2 is 1.71 bits per heavy atom. The van der Waals surface area contributed by atoms with Crippen LogP contribution >= 0.6 is 11.8 Å². The molecule has 1 saturated carbocycles. The number of aromatic nitrogens is 3. The first-order chi connectivity index (χ1) is 15.0. The van der Waals surface area contributed by atoms with Crippen molar-refractivity contribution in [1.29, 1.82) is 0 Å². The van der Waals surface area contributed by atoms with Crippen molar-refractivity contribution in [2.24, 2.45) is 5.92 Å². The number of thioether (sulfide) groups is 1. The Morgan fingerprint density at radius 3 is 2.42 bits per heavy atom. The van der Waals surface area contributed by atoms with Crippen molar-refractivity contribution < 1.29 is 0 Å². The lowest BCUT2D eigenvalue weighted by Gasteiger charge is -2.26. The molecule has 1 fully saturated rings. The number of nitrogens with one attached hydrogen (secondary N) is 1. The third-order valence-corrected chi connectivity index (χ3v) is 6.60. The van der Waals surface area contributed by atoms with Crippen molar-refractivity contribution in [3.8, 4) is 0 Å². The number of fused-ring (bicyclic) bond motifs is 1. The third kappa shape index (κ3) is 7.47. The van der Waals surface area contributed by atoms with E-state index in [0.717, 1.165) is 46.8 Å². The second kappa shape index (κ2) is 12.0. The SMILES string of the molecule is CC1CCC(NCCSc2ccncc2)CC1.Cc1nc(N(C)C)c2ccccc2n1. The second-order valence-corrected chi connectivity index (χ2v) is 9.62. The summed E-state index contributed by atoms with van der Waals surface area (Å²) in [6.07, 6.45) is 9.24. The molecule has 0 spiro atoms. The average Bonchev–Trinajstić information content (AvgIpc) is 2.78. The van der Waals surface area contributed by atoms with Crippen molar-refractivity contribution in [2.75, 3.05) is 31.3 Å². The van der Waals surface area contributed by atoms with Gasteiger partial charge in [0.2, 0.25) is 0 Å². The van der Waals surface area contributed by atoms with E-state index < -0.39 is 0 Å². The first-order valence-electron chi connectivity index (χ1n) is 11.2. The zero-order valence-electron chi connectivity index (χ0n) is 19.2. The molecule has 5 nitrogen and oxygen atoms in total. The number of rotatable bonds is 6. The van der Waals surface area contributed by atoms with Crippen LogP contribution in [0, 0.1) is 12.8 Å². The predicted octanol–water partition coefficient (Wildman–Crippen LogP) is 5.35. The molecule has 1 aliphatic carbocycles. The number of nitrogens with zero attached hydrogens (tertiary/aromatic N) is 4. The quantitative estimate of drug-likeness (QED) is 0.415. The molecule has 1 aromatic carbocycles. The van der Waals surface area contributed by atoms with Gasteiger partial charge in [0, 0.05) is 55.1 Å². The van der Waals surface area contributed by atoms with Crippen molar-refractivity contribution in [3.63, 3.8) is 0 Å². The van der Waals surface area contributed by atoms with E-state index in [-0.39, 0.29) is 0 Å². The van der Waals surface area contributed by atoms with Crippen LogP contribution in [-0.2, 0) is 0 Å². The summed E-state index contributed by atoms with van der Waals surface area (Å²) in [5.41, 5.74) is 1.00. The summed E-state index contributed by atoms with van der Waals surface area (Å²) in [5, 5.41) is 4.78. The average molecular weight is 438 g/mol. The maximum Gasteiger partial charge on any atom is 0.139 e. The molecule has 166 valence electrons. The van der Waals surface area contributed by atoms with Gasteiger partial charge in [-0.1, -0.05) is 19.1 Å². The highest BCUT2D eigenvalue weighted by Gasteiger charge is 2.17. The molecule has 0 radical (unpaired) electrons. The van der Waals surface area contributed by atoms with E-state index in [9.17, 15) is 0 Å². The van der Waals surface area contributed by atoms with Gasteiger partial charge in [0.1, 0.15) is 11.6 Å². The van der Waals surface area contributed by atoms with Gasteiger partial charge in [-0.3, -0.25) is 4.98 Å². The lowest BCUT2D eigenvalue weighted by molar-refractivity contribution is 0.312. The minimum atomic E-state index is 0.768. The molecule has 0 saturated heterocycles. The monoisotopic (exact) mass is 437 g/mol. The van der Waals surface area contributed by atoms with Crippen LogP contribution in [0.2, 0.25) is 0 Å². The van der Waals surface area contributed by atoms with E-state index in [2.05, 4.69) is 39.3 Å². The molecule has 31 heavy (non-hydrogen) atoms. The summed E-state index contributed by atoms with van der Waals surface area (Å²) in [6, 6.07) is 13.0. The second-order valence-electron chi connectivity index (χ2n) is 8.45. The van der Waals surface area contributed by atoms with Crippen LogP contribution in [0.1, 0.15) is 38.4 Å². The van der Waals surface area contributed by atoms with Crippen LogP contribution in [0.25, 0.3) is 10.9 Å². The van der Waals surface area contributed by atoms with Gasteiger partial charge in [-0.2, -0.15) is 0 Å². The van der Waals surface area contributed by atoms with Crippen LogP contribution in [0.3, 0.4) is 0 Å². The van der Waals surface area contributed by atoms with Gasteiger partial charge >= 0.3 is 0 Å². The maximum absolute atomic E-state index is 4.42. The van der Waals surface area contributed by atoms with E-state index in [0.29, 0.717) is 0 Å². The van der Waals surface area contributed by atoms with E-state index >= 15 is 0 Å². The van der Waals surface area contributed by atoms with Crippen molar-refractivity contribution in [2.45, 2.75) is 50.5 Å². The lowest BCUT2D eigenvalue weighted by atomic mass is 9.87. The molecule has 2 heterocycles. The van der Waals surface area contributed by atoms with Crippen molar-refractivity contribution in [1.82, 2.24) is 20.3 Å². The van der Waals surface area contributed by atoms with Crippen LogP contribution in [0.15, 0.2) is 53.7 Å². The van der Waals surface area contributed by atoms with E-state index in [1.165, 1.54) is 30.6 Å². The van der Waals surface area contributed by atoms with Gasteiger partial charge in [0.05, 0.1) is 5.52 Å². The lowest BCUT2D eigenvalue weighted by Crippen LogP contribution is -2.34. The Balaban J connectivity index is 0.000000179. The molecule has 0 unspecified atom stereocenters. The summed E-state index contributed by atoms with van der Waals surface area (Å²) in [4.78, 5) is 16.2. The smallest absolute Gasteiger partial charge is 0.139 e. The molecule has 0 aliphatic heterocycles. The molecule has 1 aliphatic rings. The fourth-order valence-electron chi connectivity index (χ4n) is 3.84. The minimum Gasteiger partial charge on any atom is -0.362 e. The van der Waals surface area contributed by atoms with Gasteiger partial charge < -0.3 is 10.2 Å². The van der Waals surface area contributed by atoms with Gasteiger partial charge in [-0.15, -0.1) is 11.8 Å². The molecule has 6 heteroatoms. The van der Waals surface area contributed by atoms with Crippen LogP contribution in [-0.4, -0.2) is 47.4 Å². The Labute approximate surface area is 191 Å². The molecule has 0 atom stereocenters. The predicted molar refractivity (Wildman–Crippen MR) is 133 cm³/mol. The Bertz CT molecular complexity index is 924. The fraction of sp³-hybridized carbons (Fsp3) is 0.480. The molecule has 3 aromatic rings. The van der Waals surface area contributed by atoms with Gasteiger partial charge in [0.15, 0.2) is 0 Å². The molecule has 0 bridgehead atoms. The molecular weight excluding hydrogens is 402 g/mol. The number of hydrogen-bond acceptors (Lipinski definition) is 6. The molecule has 2 aromatic heterocycles. The summed E-state index contributed by atoms with van der Waals surface area (Å²) in [7, 11) is 3.99. The largest absolute Gasteiger partial charge is 0.362 e. The highest BCUT2D eigenvalue weighted by atomic mass is 32.2. The fourth-order valence-corrected chi connectivity index (χ4v) is 4.61. The Kier molecular flexibility index (Phi) is 9.10. The standard InChI is InChI=1S/C14H22N2S.C11H13N3/c1-12-2-4-13(5-3-12)16-10-11-17-14-6-8-15-9-7-14;1-8-12-10-7-5-4-6-9(10)11(13-8)14(2)3/h6-9,12-13,16H,2-5,10-11H2,1H3;4-7H,1-3H3. The topological polar surface area (TPSA) is 53.9 Å². The number of hydrogen-bond donors (Lipinski definition) is 1. The summed E-state index contributed by atoms with van der Waals surface area (Å²) >= 11 is 1.91. The zero-order valence-corrected chi connectivity index (χ0v) is 20.0. The van der Waals surface area contributed by atoms with Crippen molar-refractivity contribution in [3.05, 3.63) is 54.6 Å². The molecule has 0 amide bonds. The van der Waals surface area contributed by atoms with Gasteiger partial charge in [0.25, 0.3) is 0 Å². The third-order valence-electron chi connectivity index (χ3n) is 5.59. The minimum absolute atomic E-state index is 0.768. The number of aryl methyl sites for hydroxylation is 1. The van der Waals surface area contributed by atoms with E-state index in [4.69, 9.17) is 0 Å². The van der Waals surface area contributed by atoms with Crippen molar-refractivity contribution >= 4 is 28.5 Å². The van der Waals surface area contributed by atoms with Gasteiger partial charge in [-0.05, 0) is 62.8 Å². The normalized spacial score (nSPS) is 18.3. The number of pyridine rings is 1. The summed E-state index contributed by atoms with van der Waals surface area (Å²) in [5.74, 6) is 3.88. The first kappa shape index (κ1) is 23.5. The number of benzene rings is 1. The highest BCUT2D eigenvalue weighted by Crippen LogP contribution is 2.24. The van der Waals surface area contributed by atoms with E-state index in [1.807, 2.05) is 74.3 Å². The first-order valence-corrected chi connectivity index (χ1v) is 12.2. The van der Waals surface area contributed by atoms with Crippen LogP contribution < -0.4 is 10.2 Å².